The van der Waals surface area contributed by atoms with Gasteiger partial charge in [-0.1, -0.05) is 17.3 Å². The fraction of sp³-hybridized carbons (Fsp3) is 0.600. The minimum atomic E-state index is -4.35. The number of benzene rings is 1. The Balaban J connectivity index is 0.00000256. The lowest BCUT2D eigenvalue weighted by atomic mass is 9.97. The Morgan fingerprint density at radius 1 is 1.03 bits per heavy atom. The third-order valence-electron chi connectivity index (χ3n) is 5.52. The zero-order valence-electron chi connectivity index (χ0n) is 16.6. The van der Waals surface area contributed by atoms with Gasteiger partial charge in [0.2, 0.25) is 11.7 Å². The molecule has 0 saturated carbocycles. The van der Waals surface area contributed by atoms with Crippen molar-refractivity contribution in [1.29, 1.82) is 0 Å². The zero-order valence-corrected chi connectivity index (χ0v) is 17.4. The van der Waals surface area contributed by atoms with E-state index in [0.717, 1.165) is 64.5 Å². The number of hydrogen-bond acceptors (Lipinski definition) is 6. The second-order valence-corrected chi connectivity index (χ2v) is 7.74. The van der Waals surface area contributed by atoms with Gasteiger partial charge in [-0.3, -0.25) is 9.80 Å². The molecule has 0 amide bonds. The van der Waals surface area contributed by atoms with Crippen molar-refractivity contribution in [3.63, 3.8) is 0 Å². The number of hydrogen-bond donors (Lipinski definition) is 0. The van der Waals surface area contributed by atoms with E-state index < -0.39 is 11.7 Å². The third-order valence-corrected chi connectivity index (χ3v) is 5.52. The molecule has 3 heterocycles. The van der Waals surface area contributed by atoms with E-state index >= 15 is 0 Å². The van der Waals surface area contributed by atoms with E-state index in [0.29, 0.717) is 29.7 Å². The second-order valence-electron chi connectivity index (χ2n) is 7.74. The normalized spacial score (nSPS) is 21.4. The maximum absolute atomic E-state index is 12.7. The summed E-state index contributed by atoms with van der Waals surface area (Å²) in [7, 11) is 0. The smallest absolute Gasteiger partial charge is 0.379 e. The molecule has 2 aliphatic heterocycles. The van der Waals surface area contributed by atoms with Crippen LogP contribution in [0.5, 0.6) is 0 Å². The molecule has 4 rings (SSSR count). The predicted octanol–water partition coefficient (Wildman–Crippen LogP) is 3.72. The summed E-state index contributed by atoms with van der Waals surface area (Å²) in [6, 6.07) is 4.81. The molecule has 6 nitrogen and oxygen atoms in total. The van der Waals surface area contributed by atoms with E-state index in [-0.39, 0.29) is 12.4 Å². The first-order valence-corrected chi connectivity index (χ1v) is 10.00. The zero-order chi connectivity index (χ0) is 20.3. The fourth-order valence-electron chi connectivity index (χ4n) is 4.03. The number of ether oxygens (including phenoxy) is 1. The third kappa shape index (κ3) is 5.94. The van der Waals surface area contributed by atoms with Gasteiger partial charge in [-0.25, -0.2) is 0 Å². The predicted molar refractivity (Wildman–Crippen MR) is 107 cm³/mol. The summed E-state index contributed by atoms with van der Waals surface area (Å²) >= 11 is 0. The molecule has 30 heavy (non-hydrogen) atoms. The van der Waals surface area contributed by atoms with Gasteiger partial charge < -0.3 is 9.26 Å². The van der Waals surface area contributed by atoms with Crippen LogP contribution in [0.4, 0.5) is 13.2 Å². The topological polar surface area (TPSA) is 54.6 Å². The largest absolute Gasteiger partial charge is 0.416 e. The van der Waals surface area contributed by atoms with Crippen molar-refractivity contribution in [2.45, 2.75) is 25.6 Å². The van der Waals surface area contributed by atoms with E-state index in [1.165, 1.54) is 18.6 Å². The van der Waals surface area contributed by atoms with Crippen molar-refractivity contribution >= 4 is 12.4 Å². The van der Waals surface area contributed by atoms with Gasteiger partial charge in [0.15, 0.2) is 0 Å². The fourth-order valence-corrected chi connectivity index (χ4v) is 4.03. The van der Waals surface area contributed by atoms with Crippen LogP contribution in [0.2, 0.25) is 0 Å². The van der Waals surface area contributed by atoms with Crippen LogP contribution in [-0.2, 0) is 17.5 Å². The Kier molecular flexibility index (Phi) is 7.73. The van der Waals surface area contributed by atoms with Gasteiger partial charge in [-0.15, -0.1) is 12.4 Å². The Hall–Kier alpha value is -1.68. The molecule has 1 atom stereocenters. The van der Waals surface area contributed by atoms with E-state index in [2.05, 4.69) is 19.9 Å². The molecule has 166 valence electrons. The van der Waals surface area contributed by atoms with Gasteiger partial charge in [0.1, 0.15) is 0 Å². The maximum atomic E-state index is 12.7. The summed E-state index contributed by atoms with van der Waals surface area (Å²) in [4.78, 5) is 9.16. The lowest BCUT2D eigenvalue weighted by molar-refractivity contribution is -0.137. The highest BCUT2D eigenvalue weighted by atomic mass is 35.5. The van der Waals surface area contributed by atoms with Crippen molar-refractivity contribution in [2.75, 3.05) is 45.9 Å². The van der Waals surface area contributed by atoms with Crippen molar-refractivity contribution in [3.8, 4) is 11.4 Å². The van der Waals surface area contributed by atoms with E-state index in [1.807, 2.05) is 0 Å². The molecule has 2 saturated heterocycles. The quantitative estimate of drug-likeness (QED) is 0.697. The molecule has 0 unspecified atom stereocenters. The van der Waals surface area contributed by atoms with Crippen molar-refractivity contribution in [3.05, 3.63) is 35.7 Å². The van der Waals surface area contributed by atoms with Crippen molar-refractivity contribution in [2.24, 2.45) is 5.92 Å². The summed E-state index contributed by atoms with van der Waals surface area (Å²) < 4.78 is 48.9. The molecular formula is C20H26ClF3N4O2. The average Bonchev–Trinajstić information content (AvgIpc) is 3.17. The first-order valence-electron chi connectivity index (χ1n) is 10.00. The van der Waals surface area contributed by atoms with Crippen LogP contribution in [0.25, 0.3) is 11.4 Å². The average molecular weight is 447 g/mol. The van der Waals surface area contributed by atoms with E-state index in [9.17, 15) is 13.2 Å². The Morgan fingerprint density at radius 2 is 1.77 bits per heavy atom. The first-order chi connectivity index (χ1) is 14.0. The van der Waals surface area contributed by atoms with Gasteiger partial charge in [0, 0.05) is 31.7 Å². The van der Waals surface area contributed by atoms with Gasteiger partial charge in [-0.2, -0.15) is 18.2 Å². The van der Waals surface area contributed by atoms with Crippen molar-refractivity contribution in [1.82, 2.24) is 19.9 Å². The van der Waals surface area contributed by atoms with E-state index in [1.54, 1.807) is 0 Å². The highest BCUT2D eigenvalue weighted by Gasteiger charge is 2.30. The monoisotopic (exact) mass is 446 g/mol. The van der Waals surface area contributed by atoms with Gasteiger partial charge >= 0.3 is 6.18 Å². The molecule has 2 fully saturated rings. The standard InChI is InChI=1S/C20H25F3N4O2.ClH/c21-20(22,23)17-5-3-16(4-6-17)19-24-18(29-25-19)14-27-7-1-2-15(13-27)12-26-8-10-28-11-9-26;/h3-6,15H,1-2,7-14H2;1H/t15-;/m0./s1. The number of alkyl halides is 3. The van der Waals surface area contributed by atoms with Crippen LogP contribution in [-0.4, -0.2) is 65.9 Å². The van der Waals surface area contributed by atoms with Crippen LogP contribution >= 0.6 is 12.4 Å². The molecule has 2 aromatic rings. The Bertz CT molecular complexity index is 794. The molecule has 1 aromatic carbocycles. The molecule has 10 heteroatoms. The van der Waals surface area contributed by atoms with Crippen LogP contribution in [0.15, 0.2) is 28.8 Å². The number of rotatable bonds is 5. The number of aromatic nitrogens is 2. The van der Waals surface area contributed by atoms with Gasteiger partial charge in [-0.05, 0) is 37.4 Å². The van der Waals surface area contributed by atoms with Gasteiger partial charge in [0.05, 0.1) is 25.3 Å². The summed E-state index contributed by atoms with van der Waals surface area (Å²) in [5.41, 5.74) is -0.179. The molecule has 1 aromatic heterocycles. The number of halogens is 4. The van der Waals surface area contributed by atoms with Crippen LogP contribution in [0, 0.1) is 5.92 Å². The number of likely N-dealkylation sites (tertiary alicyclic amines) is 1. The maximum Gasteiger partial charge on any atom is 0.416 e. The summed E-state index contributed by atoms with van der Waals surface area (Å²) in [5, 5.41) is 3.94. The summed E-state index contributed by atoms with van der Waals surface area (Å²) in [5.74, 6) is 1.42. The number of piperidine rings is 1. The lowest BCUT2D eigenvalue weighted by Crippen LogP contribution is -2.44. The summed E-state index contributed by atoms with van der Waals surface area (Å²) in [6.07, 6.45) is -2.00. The minimum Gasteiger partial charge on any atom is -0.379 e. The highest BCUT2D eigenvalue weighted by Crippen LogP contribution is 2.30. The minimum absolute atomic E-state index is 0. The van der Waals surface area contributed by atoms with Crippen LogP contribution in [0.3, 0.4) is 0 Å². The highest BCUT2D eigenvalue weighted by molar-refractivity contribution is 5.85. The second kappa shape index (κ2) is 10.1. The first kappa shape index (κ1) is 23.0. The molecule has 2 aliphatic rings. The molecule has 0 radical (unpaired) electrons. The molecule has 0 spiro atoms. The summed E-state index contributed by atoms with van der Waals surface area (Å²) in [6.45, 7) is 7.23. The van der Waals surface area contributed by atoms with Gasteiger partial charge in [0.25, 0.3) is 0 Å². The molecule has 0 aliphatic carbocycles. The number of morpholine rings is 1. The number of nitrogens with zero attached hydrogens (tertiary/aromatic N) is 4. The molecular weight excluding hydrogens is 421 g/mol. The molecule has 0 N–H and O–H groups in total. The lowest BCUT2D eigenvalue weighted by Gasteiger charge is -2.36. The Labute approximate surface area is 179 Å². The van der Waals surface area contributed by atoms with Crippen LogP contribution in [0.1, 0.15) is 24.3 Å². The van der Waals surface area contributed by atoms with Crippen molar-refractivity contribution < 1.29 is 22.4 Å². The van der Waals surface area contributed by atoms with Crippen LogP contribution < -0.4 is 0 Å². The molecule has 0 bridgehead atoms. The SMILES string of the molecule is Cl.FC(F)(F)c1ccc(-c2noc(CN3CCC[C@@H](CN4CCOCC4)C3)n2)cc1. The Morgan fingerprint density at radius 3 is 2.47 bits per heavy atom. The van der Waals surface area contributed by atoms with E-state index in [4.69, 9.17) is 9.26 Å².